The van der Waals surface area contributed by atoms with Gasteiger partial charge in [-0.3, -0.25) is 9.69 Å². The zero-order chi connectivity index (χ0) is 22.4. The Bertz CT molecular complexity index is 925. The number of carboxylic acids is 1. The Morgan fingerprint density at radius 3 is 2.48 bits per heavy atom. The van der Waals surface area contributed by atoms with Crippen LogP contribution in [0.25, 0.3) is 0 Å². The van der Waals surface area contributed by atoms with Gasteiger partial charge in [-0.1, -0.05) is 28.1 Å². The molecule has 31 heavy (non-hydrogen) atoms. The van der Waals surface area contributed by atoms with Gasteiger partial charge in [0.05, 0.1) is 0 Å². The van der Waals surface area contributed by atoms with Gasteiger partial charge in [0.25, 0.3) is 5.91 Å². The van der Waals surface area contributed by atoms with E-state index in [0.717, 1.165) is 5.56 Å². The highest BCUT2D eigenvalue weighted by molar-refractivity contribution is 9.10. The number of carbonyl (C=O) groups excluding carboxylic acids is 1. The van der Waals surface area contributed by atoms with Crippen molar-refractivity contribution >= 4 is 27.8 Å². The van der Waals surface area contributed by atoms with Gasteiger partial charge in [0.2, 0.25) is 0 Å². The van der Waals surface area contributed by atoms with Gasteiger partial charge in [-0.25, -0.2) is 9.18 Å². The van der Waals surface area contributed by atoms with E-state index in [4.69, 9.17) is 14.6 Å². The minimum absolute atomic E-state index is 0.00190. The standard InChI is InChI=1S/C22H24BrFN2O5/c1-15-11-25(12-16-2-5-18(24)6-3-16)8-9-26(15)21(27)13-30-19-7-4-17(23)10-20(19)31-14-22(28)29/h2-7,10,15H,8-9,11-14H2,1H3,(H,28,29). The van der Waals surface area contributed by atoms with Crippen molar-refractivity contribution in [2.24, 2.45) is 0 Å². The molecule has 1 fully saturated rings. The van der Waals surface area contributed by atoms with Crippen molar-refractivity contribution in [1.82, 2.24) is 9.80 Å². The number of ether oxygens (including phenoxy) is 2. The fourth-order valence-corrected chi connectivity index (χ4v) is 3.81. The van der Waals surface area contributed by atoms with E-state index >= 15 is 0 Å². The molecule has 0 aromatic heterocycles. The van der Waals surface area contributed by atoms with E-state index < -0.39 is 12.6 Å². The first-order valence-electron chi connectivity index (χ1n) is 9.85. The number of aliphatic carboxylic acids is 1. The van der Waals surface area contributed by atoms with E-state index in [1.807, 2.05) is 6.92 Å². The summed E-state index contributed by atoms with van der Waals surface area (Å²) in [5.41, 5.74) is 1.03. The van der Waals surface area contributed by atoms with Gasteiger partial charge >= 0.3 is 5.97 Å². The molecule has 0 bridgehead atoms. The summed E-state index contributed by atoms with van der Waals surface area (Å²) in [7, 11) is 0. The Balaban J connectivity index is 1.53. The number of hydrogen-bond acceptors (Lipinski definition) is 5. The molecule has 3 rings (SSSR count). The predicted octanol–water partition coefficient (Wildman–Crippen LogP) is 3.16. The summed E-state index contributed by atoms with van der Waals surface area (Å²) in [6.45, 7) is 3.98. The molecule has 1 aliphatic rings. The lowest BCUT2D eigenvalue weighted by molar-refractivity contribution is -0.140. The molecule has 2 aromatic rings. The van der Waals surface area contributed by atoms with Gasteiger partial charge in [0.1, 0.15) is 5.82 Å². The maximum absolute atomic E-state index is 13.1. The first-order chi connectivity index (χ1) is 14.8. The van der Waals surface area contributed by atoms with Crippen LogP contribution in [0.4, 0.5) is 4.39 Å². The SMILES string of the molecule is CC1CN(Cc2ccc(F)cc2)CCN1C(=O)COc1ccc(Br)cc1OCC(=O)O. The van der Waals surface area contributed by atoms with Gasteiger partial charge in [-0.2, -0.15) is 0 Å². The summed E-state index contributed by atoms with van der Waals surface area (Å²) in [6, 6.07) is 11.4. The largest absolute Gasteiger partial charge is 0.480 e. The van der Waals surface area contributed by atoms with Crippen LogP contribution in [0.15, 0.2) is 46.9 Å². The topological polar surface area (TPSA) is 79.3 Å². The molecule has 166 valence electrons. The third-order valence-corrected chi connectivity index (χ3v) is 5.45. The van der Waals surface area contributed by atoms with Crippen LogP contribution in [0.5, 0.6) is 11.5 Å². The Morgan fingerprint density at radius 2 is 1.81 bits per heavy atom. The van der Waals surface area contributed by atoms with E-state index in [1.165, 1.54) is 12.1 Å². The number of nitrogens with zero attached hydrogens (tertiary/aromatic N) is 2. The van der Waals surface area contributed by atoms with Crippen LogP contribution >= 0.6 is 15.9 Å². The second-order valence-electron chi connectivity index (χ2n) is 7.36. The number of halogens is 2. The highest BCUT2D eigenvalue weighted by Crippen LogP contribution is 2.30. The molecule has 1 N–H and O–H groups in total. The van der Waals surface area contributed by atoms with Crippen LogP contribution in [0.2, 0.25) is 0 Å². The second-order valence-corrected chi connectivity index (χ2v) is 8.28. The van der Waals surface area contributed by atoms with Gasteiger partial charge in [-0.05, 0) is 42.8 Å². The zero-order valence-corrected chi connectivity index (χ0v) is 18.7. The summed E-state index contributed by atoms with van der Waals surface area (Å²) >= 11 is 3.31. The van der Waals surface area contributed by atoms with Crippen molar-refractivity contribution in [3.8, 4) is 11.5 Å². The monoisotopic (exact) mass is 494 g/mol. The van der Waals surface area contributed by atoms with E-state index in [2.05, 4.69) is 20.8 Å². The molecular weight excluding hydrogens is 471 g/mol. The van der Waals surface area contributed by atoms with Crippen molar-refractivity contribution in [2.45, 2.75) is 19.5 Å². The van der Waals surface area contributed by atoms with Gasteiger partial charge in [0.15, 0.2) is 24.7 Å². The number of hydrogen-bond donors (Lipinski definition) is 1. The Morgan fingerprint density at radius 1 is 1.10 bits per heavy atom. The lowest BCUT2D eigenvalue weighted by Gasteiger charge is -2.39. The number of carboxylic acid groups (broad SMARTS) is 1. The molecule has 2 aromatic carbocycles. The Hall–Kier alpha value is -2.65. The quantitative estimate of drug-likeness (QED) is 0.607. The molecule has 1 heterocycles. The highest BCUT2D eigenvalue weighted by atomic mass is 79.9. The normalized spacial score (nSPS) is 16.7. The summed E-state index contributed by atoms with van der Waals surface area (Å²) < 4.78 is 24.7. The van der Waals surface area contributed by atoms with Crippen molar-refractivity contribution in [3.63, 3.8) is 0 Å². The van der Waals surface area contributed by atoms with Gasteiger partial charge in [0, 0.05) is 36.7 Å². The summed E-state index contributed by atoms with van der Waals surface area (Å²) in [5.74, 6) is -0.952. The Kier molecular flexibility index (Phi) is 7.86. The second kappa shape index (κ2) is 10.6. The maximum Gasteiger partial charge on any atom is 0.341 e. The molecule has 1 saturated heterocycles. The van der Waals surface area contributed by atoms with Gasteiger partial charge in [-0.15, -0.1) is 0 Å². The number of carbonyl (C=O) groups is 2. The van der Waals surface area contributed by atoms with E-state index in [0.29, 0.717) is 36.4 Å². The predicted molar refractivity (Wildman–Crippen MR) is 116 cm³/mol. The van der Waals surface area contributed by atoms with Crippen LogP contribution in [0, 0.1) is 5.82 Å². The molecule has 1 atom stereocenters. The van der Waals surface area contributed by atoms with Crippen LogP contribution in [0.3, 0.4) is 0 Å². The highest BCUT2D eigenvalue weighted by Gasteiger charge is 2.27. The minimum atomic E-state index is -1.10. The molecule has 0 radical (unpaired) electrons. The van der Waals surface area contributed by atoms with Crippen molar-refractivity contribution in [3.05, 3.63) is 58.3 Å². The maximum atomic E-state index is 13.1. The zero-order valence-electron chi connectivity index (χ0n) is 17.1. The molecule has 0 aliphatic carbocycles. The van der Waals surface area contributed by atoms with Crippen molar-refractivity contribution < 1.29 is 28.6 Å². The molecular formula is C22H24BrFN2O5. The van der Waals surface area contributed by atoms with Crippen LogP contribution in [0.1, 0.15) is 12.5 Å². The van der Waals surface area contributed by atoms with Crippen molar-refractivity contribution in [1.29, 1.82) is 0 Å². The summed E-state index contributed by atoms with van der Waals surface area (Å²) in [4.78, 5) is 27.5. The fraction of sp³-hybridized carbons (Fsp3) is 0.364. The molecule has 9 heteroatoms. The molecule has 7 nitrogen and oxygen atoms in total. The average Bonchev–Trinajstić information content (AvgIpc) is 2.73. The Labute approximate surface area is 188 Å². The van der Waals surface area contributed by atoms with Gasteiger partial charge < -0.3 is 19.5 Å². The summed E-state index contributed by atoms with van der Waals surface area (Å²) in [6.07, 6.45) is 0. The van der Waals surface area contributed by atoms with E-state index in [1.54, 1.807) is 35.2 Å². The first-order valence-corrected chi connectivity index (χ1v) is 10.6. The van der Waals surface area contributed by atoms with E-state index in [-0.39, 0.29) is 30.1 Å². The fourth-order valence-electron chi connectivity index (χ4n) is 3.47. The van der Waals surface area contributed by atoms with Crippen LogP contribution < -0.4 is 9.47 Å². The number of piperazine rings is 1. The number of rotatable bonds is 8. The molecule has 0 spiro atoms. The number of amides is 1. The van der Waals surface area contributed by atoms with E-state index in [9.17, 15) is 14.0 Å². The molecule has 0 saturated carbocycles. The third-order valence-electron chi connectivity index (χ3n) is 4.96. The smallest absolute Gasteiger partial charge is 0.341 e. The number of benzene rings is 2. The van der Waals surface area contributed by atoms with Crippen LogP contribution in [-0.2, 0) is 16.1 Å². The lowest BCUT2D eigenvalue weighted by atomic mass is 10.1. The summed E-state index contributed by atoms with van der Waals surface area (Å²) in [5, 5.41) is 8.82. The molecule has 1 aliphatic heterocycles. The van der Waals surface area contributed by atoms with Crippen LogP contribution in [-0.4, -0.2) is 65.7 Å². The average molecular weight is 495 g/mol. The molecule has 1 unspecified atom stereocenters. The van der Waals surface area contributed by atoms with Crippen molar-refractivity contribution in [2.75, 3.05) is 32.8 Å². The molecule has 1 amide bonds. The lowest BCUT2D eigenvalue weighted by Crippen LogP contribution is -2.54. The third kappa shape index (κ3) is 6.67. The first kappa shape index (κ1) is 23.0. The minimum Gasteiger partial charge on any atom is -0.480 e.